The van der Waals surface area contributed by atoms with Crippen molar-refractivity contribution < 1.29 is 22.0 Å². The zero-order valence-corrected chi connectivity index (χ0v) is 12.1. The molecule has 0 aliphatic carbocycles. The van der Waals surface area contributed by atoms with Crippen LogP contribution < -0.4 is 11.1 Å². The van der Waals surface area contributed by atoms with Gasteiger partial charge in [0, 0.05) is 19.5 Å². The molecule has 0 spiro atoms. The van der Waals surface area contributed by atoms with Crippen molar-refractivity contribution >= 4 is 15.9 Å². The van der Waals surface area contributed by atoms with Gasteiger partial charge in [0.1, 0.15) is 0 Å². The maximum Gasteiger partial charge on any atom is 0.277 e. The number of hydrogen-bond donors (Lipinski definition) is 2. The number of nitrogens with two attached hydrogens (primary N) is 1. The van der Waals surface area contributed by atoms with E-state index in [1.165, 1.54) is 4.31 Å². The van der Waals surface area contributed by atoms with Crippen LogP contribution in [0.1, 0.15) is 25.7 Å². The normalized spacial score (nSPS) is 17.4. The third-order valence-corrected chi connectivity index (χ3v) is 5.06. The Kier molecular flexibility index (Phi) is 6.28. The Morgan fingerprint density at radius 1 is 1.30 bits per heavy atom. The summed E-state index contributed by atoms with van der Waals surface area (Å²) in [5, 5.41) is 2.05. The molecule has 0 saturated carbocycles. The van der Waals surface area contributed by atoms with E-state index in [1.54, 1.807) is 0 Å². The summed E-state index contributed by atoms with van der Waals surface area (Å²) in [7, 11) is -3.32. The van der Waals surface area contributed by atoms with Crippen LogP contribution in [0.15, 0.2) is 0 Å². The number of nitrogens with zero attached hydrogens (tertiary/aromatic N) is 1. The first-order chi connectivity index (χ1) is 9.27. The standard InChI is InChI=1S/C11H21F2N3O3S/c12-11(13,8-14)9-15-10(17)4-3-7-20(18,19)16-5-1-2-6-16/h1-9,14H2,(H,15,17). The Bertz CT molecular complexity index is 423. The van der Waals surface area contributed by atoms with Crippen LogP contribution >= 0.6 is 0 Å². The fraction of sp³-hybridized carbons (Fsp3) is 0.909. The maximum atomic E-state index is 12.8. The average molecular weight is 313 g/mol. The first-order valence-electron chi connectivity index (χ1n) is 6.59. The van der Waals surface area contributed by atoms with Crippen molar-refractivity contribution in [2.45, 2.75) is 31.6 Å². The van der Waals surface area contributed by atoms with E-state index in [1.807, 2.05) is 0 Å². The molecule has 1 fully saturated rings. The van der Waals surface area contributed by atoms with Crippen molar-refractivity contribution in [1.82, 2.24) is 9.62 Å². The number of carbonyl (C=O) groups is 1. The number of hydrogen-bond acceptors (Lipinski definition) is 4. The third-order valence-electron chi connectivity index (χ3n) is 3.11. The predicted molar refractivity (Wildman–Crippen MR) is 70.8 cm³/mol. The van der Waals surface area contributed by atoms with E-state index in [9.17, 15) is 22.0 Å². The molecular formula is C11H21F2N3O3S. The van der Waals surface area contributed by atoms with Crippen molar-refractivity contribution in [3.8, 4) is 0 Å². The molecule has 0 aromatic rings. The number of halogens is 2. The molecule has 0 atom stereocenters. The predicted octanol–water partition coefficient (Wildman–Crippen LogP) is -0.0976. The van der Waals surface area contributed by atoms with Crippen molar-refractivity contribution in [2.75, 3.05) is 31.9 Å². The smallest absolute Gasteiger partial charge is 0.277 e. The van der Waals surface area contributed by atoms with Crippen LogP contribution in [0.4, 0.5) is 8.78 Å². The summed E-state index contributed by atoms with van der Waals surface area (Å²) < 4.78 is 50.7. The SMILES string of the molecule is NCC(F)(F)CNC(=O)CCCS(=O)(=O)N1CCCC1. The molecule has 0 aromatic heterocycles. The Morgan fingerprint density at radius 2 is 1.90 bits per heavy atom. The molecule has 9 heteroatoms. The molecule has 1 rings (SSSR count). The molecule has 118 valence electrons. The Hall–Kier alpha value is -0.800. The summed E-state index contributed by atoms with van der Waals surface area (Å²) in [6.45, 7) is -0.605. The molecule has 6 nitrogen and oxygen atoms in total. The highest BCUT2D eigenvalue weighted by molar-refractivity contribution is 7.89. The summed E-state index contributed by atoms with van der Waals surface area (Å²) in [4.78, 5) is 11.3. The molecule has 0 aromatic carbocycles. The molecular weight excluding hydrogens is 292 g/mol. The molecule has 1 amide bonds. The summed E-state index contributed by atoms with van der Waals surface area (Å²) in [6.07, 6.45) is 1.74. The van der Waals surface area contributed by atoms with Crippen LogP contribution in [0.5, 0.6) is 0 Å². The number of carbonyl (C=O) groups excluding carboxylic acids is 1. The van der Waals surface area contributed by atoms with Crippen LogP contribution in [0.2, 0.25) is 0 Å². The van der Waals surface area contributed by atoms with E-state index in [4.69, 9.17) is 5.73 Å². The molecule has 1 aliphatic heterocycles. The third kappa shape index (κ3) is 5.68. The van der Waals surface area contributed by atoms with Gasteiger partial charge < -0.3 is 11.1 Å². The van der Waals surface area contributed by atoms with Crippen LogP contribution in [0.25, 0.3) is 0 Å². The van der Waals surface area contributed by atoms with Crippen molar-refractivity contribution in [3.63, 3.8) is 0 Å². The Balaban J connectivity index is 2.25. The van der Waals surface area contributed by atoms with Gasteiger partial charge in [0.25, 0.3) is 5.92 Å². The number of nitrogens with one attached hydrogen (secondary N) is 1. The lowest BCUT2D eigenvalue weighted by Crippen LogP contribution is -2.41. The number of alkyl halides is 2. The zero-order chi connectivity index (χ0) is 15.2. The highest BCUT2D eigenvalue weighted by atomic mass is 32.2. The second-order valence-electron chi connectivity index (χ2n) is 4.86. The van der Waals surface area contributed by atoms with Gasteiger partial charge in [-0.15, -0.1) is 0 Å². The van der Waals surface area contributed by atoms with E-state index < -0.39 is 34.9 Å². The monoisotopic (exact) mass is 313 g/mol. The number of rotatable bonds is 8. The van der Waals surface area contributed by atoms with E-state index in [2.05, 4.69) is 5.32 Å². The lowest BCUT2D eigenvalue weighted by Gasteiger charge is -2.16. The second kappa shape index (κ2) is 7.28. The molecule has 0 unspecified atom stereocenters. The molecule has 1 heterocycles. The fourth-order valence-electron chi connectivity index (χ4n) is 1.90. The van der Waals surface area contributed by atoms with E-state index in [-0.39, 0.29) is 18.6 Å². The first-order valence-corrected chi connectivity index (χ1v) is 8.20. The Morgan fingerprint density at radius 3 is 2.45 bits per heavy atom. The topological polar surface area (TPSA) is 92.5 Å². The quantitative estimate of drug-likeness (QED) is 0.654. The van der Waals surface area contributed by atoms with Gasteiger partial charge in [0.05, 0.1) is 18.8 Å². The van der Waals surface area contributed by atoms with Gasteiger partial charge in [0.2, 0.25) is 15.9 Å². The summed E-state index contributed by atoms with van der Waals surface area (Å²) >= 11 is 0. The van der Waals surface area contributed by atoms with E-state index in [0.717, 1.165) is 12.8 Å². The van der Waals surface area contributed by atoms with Crippen LogP contribution in [-0.2, 0) is 14.8 Å². The van der Waals surface area contributed by atoms with Gasteiger partial charge in [-0.25, -0.2) is 21.5 Å². The van der Waals surface area contributed by atoms with Crippen molar-refractivity contribution in [1.29, 1.82) is 0 Å². The number of sulfonamides is 1. The van der Waals surface area contributed by atoms with Gasteiger partial charge in [0.15, 0.2) is 0 Å². The lowest BCUT2D eigenvalue weighted by molar-refractivity contribution is -0.122. The molecule has 0 bridgehead atoms. The van der Waals surface area contributed by atoms with Gasteiger partial charge >= 0.3 is 0 Å². The minimum atomic E-state index is -3.32. The summed E-state index contributed by atoms with van der Waals surface area (Å²) in [5.41, 5.74) is 4.83. The van der Waals surface area contributed by atoms with Gasteiger partial charge in [-0.2, -0.15) is 0 Å². The highest BCUT2D eigenvalue weighted by Gasteiger charge is 2.27. The number of amides is 1. The van der Waals surface area contributed by atoms with Gasteiger partial charge in [-0.1, -0.05) is 0 Å². The van der Waals surface area contributed by atoms with Crippen molar-refractivity contribution in [2.24, 2.45) is 5.73 Å². The van der Waals surface area contributed by atoms with Crippen molar-refractivity contribution in [3.05, 3.63) is 0 Å². The lowest BCUT2D eigenvalue weighted by atomic mass is 10.3. The minimum Gasteiger partial charge on any atom is -0.350 e. The molecule has 1 aliphatic rings. The molecule has 1 saturated heterocycles. The van der Waals surface area contributed by atoms with Gasteiger partial charge in [-0.3, -0.25) is 4.79 Å². The first kappa shape index (κ1) is 17.3. The summed E-state index contributed by atoms with van der Waals surface area (Å²) in [6, 6.07) is 0. The second-order valence-corrected chi connectivity index (χ2v) is 6.95. The maximum absolute atomic E-state index is 12.8. The molecule has 20 heavy (non-hydrogen) atoms. The van der Waals surface area contributed by atoms with E-state index in [0.29, 0.717) is 13.1 Å². The highest BCUT2D eigenvalue weighted by Crippen LogP contribution is 2.14. The average Bonchev–Trinajstić information content (AvgIpc) is 2.91. The summed E-state index contributed by atoms with van der Waals surface area (Å²) in [5.74, 6) is -3.85. The zero-order valence-electron chi connectivity index (χ0n) is 11.3. The van der Waals surface area contributed by atoms with Crippen LogP contribution in [0, 0.1) is 0 Å². The van der Waals surface area contributed by atoms with Gasteiger partial charge in [-0.05, 0) is 19.3 Å². The minimum absolute atomic E-state index is 0.0896. The van der Waals surface area contributed by atoms with Crippen LogP contribution in [-0.4, -0.2) is 56.5 Å². The molecule has 0 radical (unpaired) electrons. The van der Waals surface area contributed by atoms with E-state index >= 15 is 0 Å². The largest absolute Gasteiger partial charge is 0.350 e. The fourth-order valence-corrected chi connectivity index (χ4v) is 3.48. The molecule has 3 N–H and O–H groups in total. The Labute approximate surface area is 117 Å². The van der Waals surface area contributed by atoms with Crippen LogP contribution in [0.3, 0.4) is 0 Å².